The van der Waals surface area contributed by atoms with Crippen LogP contribution in [0.15, 0.2) is 24.3 Å². The quantitative estimate of drug-likeness (QED) is 0.879. The van der Waals surface area contributed by atoms with Gasteiger partial charge in [0, 0.05) is 35.2 Å². The molecule has 1 aromatic heterocycles. The Kier molecular flexibility index (Phi) is 4.21. The Labute approximate surface area is 131 Å². The van der Waals surface area contributed by atoms with Crippen LogP contribution in [0.2, 0.25) is 0 Å². The van der Waals surface area contributed by atoms with Gasteiger partial charge < -0.3 is 15.0 Å². The van der Waals surface area contributed by atoms with Gasteiger partial charge in [0.15, 0.2) is 0 Å². The third kappa shape index (κ3) is 2.75. The van der Waals surface area contributed by atoms with Crippen molar-refractivity contribution in [3.63, 3.8) is 0 Å². The topological polar surface area (TPSA) is 54.3 Å². The van der Waals surface area contributed by atoms with E-state index in [0.717, 1.165) is 17.4 Å². The van der Waals surface area contributed by atoms with E-state index in [9.17, 15) is 9.90 Å². The Morgan fingerprint density at radius 2 is 2.09 bits per heavy atom. The summed E-state index contributed by atoms with van der Waals surface area (Å²) in [5, 5.41) is 13.9. The van der Waals surface area contributed by atoms with Crippen LogP contribution in [0.25, 0.3) is 10.9 Å². The van der Waals surface area contributed by atoms with Crippen molar-refractivity contribution in [3.05, 3.63) is 35.5 Å². The molecule has 0 spiro atoms. The number of hydrogen-bond donors (Lipinski definition) is 2. The lowest BCUT2D eigenvalue weighted by molar-refractivity contribution is 0.0699. The maximum atomic E-state index is 11.4. The first kappa shape index (κ1) is 15.1. The number of rotatable bonds is 5. The molecular formula is C18H24N2O2. The summed E-state index contributed by atoms with van der Waals surface area (Å²) in [7, 11) is 0. The summed E-state index contributed by atoms with van der Waals surface area (Å²) in [5.74, 6) is -0.859. The molecule has 2 N–H and O–H groups in total. The van der Waals surface area contributed by atoms with Gasteiger partial charge in [0.1, 0.15) is 0 Å². The van der Waals surface area contributed by atoms with Gasteiger partial charge >= 0.3 is 5.97 Å². The molecule has 4 nitrogen and oxygen atoms in total. The molecule has 0 saturated heterocycles. The van der Waals surface area contributed by atoms with E-state index in [1.54, 1.807) is 6.07 Å². The van der Waals surface area contributed by atoms with Crippen molar-refractivity contribution in [3.8, 4) is 0 Å². The van der Waals surface area contributed by atoms with Crippen LogP contribution in [0, 0.1) is 0 Å². The van der Waals surface area contributed by atoms with Crippen molar-refractivity contribution in [1.82, 2.24) is 9.88 Å². The Morgan fingerprint density at radius 1 is 1.36 bits per heavy atom. The number of carboxylic acid groups (broad SMARTS) is 1. The lowest BCUT2D eigenvalue weighted by atomic mass is 10.1. The molecule has 1 aromatic carbocycles. The maximum absolute atomic E-state index is 11.4. The molecule has 1 aliphatic carbocycles. The number of benzene rings is 1. The van der Waals surface area contributed by atoms with Crippen molar-refractivity contribution >= 4 is 16.9 Å². The molecule has 0 aliphatic heterocycles. The zero-order valence-corrected chi connectivity index (χ0v) is 13.3. The minimum absolute atomic E-state index is 0.307. The third-order valence-electron chi connectivity index (χ3n) is 4.64. The average molecular weight is 300 g/mol. The van der Waals surface area contributed by atoms with Gasteiger partial charge in [-0.15, -0.1) is 0 Å². The van der Waals surface area contributed by atoms with Crippen LogP contribution in [0.4, 0.5) is 0 Å². The van der Waals surface area contributed by atoms with E-state index in [1.165, 1.54) is 31.4 Å². The van der Waals surface area contributed by atoms with Gasteiger partial charge in [-0.1, -0.05) is 18.9 Å². The number of hydrogen-bond acceptors (Lipinski definition) is 2. The first-order valence-corrected chi connectivity index (χ1v) is 8.17. The minimum atomic E-state index is -0.859. The molecule has 0 radical (unpaired) electrons. The summed E-state index contributed by atoms with van der Waals surface area (Å²) < 4.78 is 2.25. The summed E-state index contributed by atoms with van der Waals surface area (Å²) in [6.45, 7) is 5.09. The second kappa shape index (κ2) is 6.13. The smallest absolute Gasteiger partial charge is 0.336 e. The molecule has 118 valence electrons. The highest BCUT2D eigenvalue weighted by Gasteiger charge is 2.19. The summed E-state index contributed by atoms with van der Waals surface area (Å²) in [6, 6.07) is 8.49. The number of aromatic carboxylic acids is 1. The summed E-state index contributed by atoms with van der Waals surface area (Å²) in [6.07, 6.45) is 5.13. The molecule has 4 heteroatoms. The fourth-order valence-corrected chi connectivity index (χ4v) is 3.62. The second-order valence-corrected chi connectivity index (χ2v) is 6.51. The molecule has 3 rings (SSSR count). The van der Waals surface area contributed by atoms with Gasteiger partial charge in [0.25, 0.3) is 0 Å². The highest BCUT2D eigenvalue weighted by molar-refractivity contribution is 6.03. The molecule has 22 heavy (non-hydrogen) atoms. The van der Waals surface area contributed by atoms with Crippen molar-refractivity contribution in [2.24, 2.45) is 0 Å². The van der Waals surface area contributed by atoms with Crippen LogP contribution >= 0.6 is 0 Å². The van der Waals surface area contributed by atoms with Crippen molar-refractivity contribution in [2.45, 2.75) is 58.2 Å². The van der Waals surface area contributed by atoms with Gasteiger partial charge in [-0.3, -0.25) is 0 Å². The fraction of sp³-hybridized carbons (Fsp3) is 0.500. The first-order chi connectivity index (χ1) is 10.6. The predicted molar refractivity (Wildman–Crippen MR) is 88.4 cm³/mol. The van der Waals surface area contributed by atoms with Gasteiger partial charge in [-0.25, -0.2) is 4.79 Å². The number of nitrogens with zero attached hydrogens (tertiary/aromatic N) is 1. The molecular weight excluding hydrogens is 276 g/mol. The predicted octanol–water partition coefficient (Wildman–Crippen LogP) is 3.95. The van der Waals surface area contributed by atoms with Gasteiger partial charge in [0.05, 0.1) is 5.56 Å². The third-order valence-corrected chi connectivity index (χ3v) is 4.64. The number of fused-ring (bicyclic) bond motifs is 1. The first-order valence-electron chi connectivity index (χ1n) is 8.17. The van der Waals surface area contributed by atoms with Crippen LogP contribution in [-0.4, -0.2) is 21.7 Å². The van der Waals surface area contributed by atoms with Crippen molar-refractivity contribution < 1.29 is 9.90 Å². The molecule has 1 aliphatic rings. The lowest BCUT2D eigenvalue weighted by Gasteiger charge is -2.17. The van der Waals surface area contributed by atoms with Crippen molar-refractivity contribution in [1.29, 1.82) is 0 Å². The maximum Gasteiger partial charge on any atom is 0.336 e. The molecule has 0 amide bonds. The van der Waals surface area contributed by atoms with Gasteiger partial charge in [-0.05, 0) is 44.9 Å². The van der Waals surface area contributed by atoms with E-state index in [-0.39, 0.29) is 0 Å². The monoisotopic (exact) mass is 300 g/mol. The van der Waals surface area contributed by atoms with E-state index in [2.05, 4.69) is 23.7 Å². The second-order valence-electron chi connectivity index (χ2n) is 6.51. The lowest BCUT2D eigenvalue weighted by Crippen LogP contribution is -2.26. The van der Waals surface area contributed by atoms with E-state index in [1.807, 2.05) is 18.2 Å². The number of carboxylic acids is 1. The van der Waals surface area contributed by atoms with Crippen LogP contribution in [-0.2, 0) is 6.54 Å². The van der Waals surface area contributed by atoms with Gasteiger partial charge in [-0.2, -0.15) is 0 Å². The number of aromatic nitrogens is 1. The molecule has 0 atom stereocenters. The Balaban J connectivity index is 1.98. The standard InChI is InChI=1S/C18H24N2O2/c1-12(2)20-14(11-19-13-6-3-4-7-13)10-16-15(18(21)22)8-5-9-17(16)20/h5,8-10,12-13,19H,3-4,6-7,11H2,1-2H3,(H,21,22). The van der Waals surface area contributed by atoms with Crippen LogP contribution < -0.4 is 5.32 Å². The van der Waals surface area contributed by atoms with E-state index in [4.69, 9.17) is 0 Å². The molecule has 0 bridgehead atoms. The van der Waals surface area contributed by atoms with E-state index < -0.39 is 5.97 Å². The largest absolute Gasteiger partial charge is 0.478 e. The van der Waals surface area contributed by atoms with E-state index >= 15 is 0 Å². The zero-order valence-electron chi connectivity index (χ0n) is 13.3. The van der Waals surface area contributed by atoms with Crippen molar-refractivity contribution in [2.75, 3.05) is 0 Å². The summed E-state index contributed by atoms with van der Waals surface area (Å²) >= 11 is 0. The Hall–Kier alpha value is -1.81. The molecule has 1 fully saturated rings. The molecule has 1 heterocycles. The summed E-state index contributed by atoms with van der Waals surface area (Å²) in [4.78, 5) is 11.4. The Morgan fingerprint density at radius 3 is 2.73 bits per heavy atom. The van der Waals surface area contributed by atoms with Crippen LogP contribution in [0.3, 0.4) is 0 Å². The zero-order chi connectivity index (χ0) is 15.7. The normalized spacial score (nSPS) is 16.0. The average Bonchev–Trinajstić information content (AvgIpc) is 3.11. The number of nitrogens with one attached hydrogen (secondary N) is 1. The summed E-state index contributed by atoms with van der Waals surface area (Å²) in [5.41, 5.74) is 2.57. The van der Waals surface area contributed by atoms with E-state index in [0.29, 0.717) is 17.6 Å². The molecule has 2 aromatic rings. The SMILES string of the molecule is CC(C)n1c(CNC2CCCC2)cc2c(C(=O)O)cccc21. The van der Waals surface area contributed by atoms with Gasteiger partial charge in [0.2, 0.25) is 0 Å². The minimum Gasteiger partial charge on any atom is -0.478 e. The van der Waals surface area contributed by atoms with Crippen LogP contribution in [0.1, 0.15) is 61.6 Å². The highest BCUT2D eigenvalue weighted by Crippen LogP contribution is 2.27. The fourth-order valence-electron chi connectivity index (χ4n) is 3.62. The molecule has 1 saturated carbocycles. The molecule has 0 unspecified atom stereocenters. The highest BCUT2D eigenvalue weighted by atomic mass is 16.4. The van der Waals surface area contributed by atoms with Crippen LogP contribution in [0.5, 0.6) is 0 Å². The number of carbonyl (C=O) groups is 1. The Bertz CT molecular complexity index is 682.